The van der Waals surface area contributed by atoms with Crippen LogP contribution in [0.3, 0.4) is 0 Å². The fraction of sp³-hybridized carbons (Fsp3) is 0.714. The summed E-state index contributed by atoms with van der Waals surface area (Å²) >= 11 is 0. The topological polar surface area (TPSA) is 18.5 Å². The number of halogens is 3. The Hall–Kier alpha value is -0.953. The predicted molar refractivity (Wildman–Crippen MR) is 75.1 cm³/mol. The average molecular weight is 306 g/mol. The molecule has 0 spiro atoms. The van der Waals surface area contributed by atoms with Crippen LogP contribution in [-0.4, -0.2) is 25.9 Å². The van der Waals surface area contributed by atoms with Gasteiger partial charge in [-0.05, 0) is 40.3 Å². The Morgan fingerprint density at radius 1 is 0.950 bits per heavy atom. The maximum atomic E-state index is 12.4. The normalized spacial score (nSPS) is 13.7. The van der Waals surface area contributed by atoms with Crippen LogP contribution in [0.15, 0.2) is 0 Å². The fourth-order valence-electron chi connectivity index (χ4n) is 1.63. The Morgan fingerprint density at radius 2 is 1.30 bits per heavy atom. The van der Waals surface area contributed by atoms with Crippen LogP contribution < -0.4 is 0 Å². The Morgan fingerprint density at radius 3 is 1.55 bits per heavy atom. The van der Waals surface area contributed by atoms with Crippen molar-refractivity contribution in [2.24, 2.45) is 0 Å². The third-order valence-electron chi connectivity index (χ3n) is 2.50. The van der Waals surface area contributed by atoms with Gasteiger partial charge in [0, 0.05) is 6.42 Å². The molecule has 114 valence electrons. The molecule has 0 fully saturated rings. The Balaban J connectivity index is 5.15. The lowest BCUT2D eigenvalue weighted by Crippen LogP contribution is -2.50. The second kappa shape index (κ2) is 6.22. The van der Waals surface area contributed by atoms with Gasteiger partial charge in [-0.2, -0.15) is 13.2 Å². The highest BCUT2D eigenvalue weighted by molar-refractivity contribution is 6.66. The van der Waals surface area contributed by atoms with Crippen molar-refractivity contribution in [3.8, 4) is 24.7 Å². The minimum atomic E-state index is -4.28. The first-order chi connectivity index (χ1) is 8.74. The van der Waals surface area contributed by atoms with Gasteiger partial charge in [0.25, 0.3) is 0 Å². The van der Waals surface area contributed by atoms with Crippen LogP contribution in [0.1, 0.15) is 34.1 Å². The smallest absolute Gasteiger partial charge is 0.378 e. The van der Waals surface area contributed by atoms with Crippen LogP contribution in [0.5, 0.6) is 0 Å². The quantitative estimate of drug-likeness (QED) is 0.548. The molecule has 0 aromatic rings. The summed E-state index contributed by atoms with van der Waals surface area (Å²) in [5, 5.41) is 0. The van der Waals surface area contributed by atoms with Gasteiger partial charge in [-0.1, -0.05) is 11.8 Å². The summed E-state index contributed by atoms with van der Waals surface area (Å²) in [4.78, 5) is 0. The van der Waals surface area contributed by atoms with Crippen LogP contribution in [-0.2, 0) is 8.85 Å². The van der Waals surface area contributed by atoms with Crippen molar-refractivity contribution in [1.29, 1.82) is 0 Å². The van der Waals surface area contributed by atoms with E-state index < -0.39 is 32.4 Å². The van der Waals surface area contributed by atoms with Gasteiger partial charge in [-0.25, -0.2) is 0 Å². The molecule has 0 atom stereocenters. The largest absolute Gasteiger partial charge is 0.389 e. The van der Waals surface area contributed by atoms with Crippen molar-refractivity contribution >= 4 is 8.56 Å². The standard InChI is InChI=1S/C14H21F3O2Si/c1-8-12(3,4)18-20(7,11-10-14(15,16)17)19-13(5,6)9-2/h1-2H,10-11H2,3-7H3. The third-order valence-corrected chi connectivity index (χ3v) is 5.54. The van der Waals surface area contributed by atoms with E-state index in [-0.39, 0.29) is 6.04 Å². The average Bonchev–Trinajstić information content (AvgIpc) is 2.24. The lowest BCUT2D eigenvalue weighted by Gasteiger charge is -2.38. The van der Waals surface area contributed by atoms with Crippen molar-refractivity contribution in [1.82, 2.24) is 0 Å². The molecule has 0 heterocycles. The van der Waals surface area contributed by atoms with Gasteiger partial charge in [0.15, 0.2) is 0 Å². The van der Waals surface area contributed by atoms with Crippen LogP contribution in [0.2, 0.25) is 12.6 Å². The first kappa shape index (κ1) is 19.0. The molecular weight excluding hydrogens is 285 g/mol. The fourth-order valence-corrected chi connectivity index (χ4v) is 4.89. The van der Waals surface area contributed by atoms with E-state index in [2.05, 4.69) is 11.8 Å². The van der Waals surface area contributed by atoms with E-state index >= 15 is 0 Å². The van der Waals surface area contributed by atoms with Crippen molar-refractivity contribution < 1.29 is 22.0 Å². The minimum Gasteiger partial charge on any atom is -0.378 e. The van der Waals surface area contributed by atoms with Crippen molar-refractivity contribution in [3.63, 3.8) is 0 Å². The van der Waals surface area contributed by atoms with E-state index in [4.69, 9.17) is 21.7 Å². The lowest BCUT2D eigenvalue weighted by molar-refractivity contribution is -0.132. The van der Waals surface area contributed by atoms with Crippen LogP contribution in [0.25, 0.3) is 0 Å². The first-order valence-electron chi connectivity index (χ1n) is 6.17. The second-order valence-electron chi connectivity index (χ2n) is 5.76. The highest BCUT2D eigenvalue weighted by atomic mass is 28.4. The second-order valence-corrected chi connectivity index (χ2v) is 8.94. The Labute approximate surface area is 120 Å². The summed E-state index contributed by atoms with van der Waals surface area (Å²) in [6.07, 6.45) is 5.38. The molecule has 0 aromatic carbocycles. The Kier molecular flexibility index (Phi) is 5.92. The lowest BCUT2D eigenvalue weighted by atomic mass is 10.2. The molecule has 20 heavy (non-hydrogen) atoms. The van der Waals surface area contributed by atoms with Gasteiger partial charge in [0.1, 0.15) is 11.2 Å². The number of alkyl halides is 3. The highest BCUT2D eigenvalue weighted by Gasteiger charge is 2.44. The molecular formula is C14H21F3O2Si. The molecule has 0 aromatic heterocycles. The molecule has 0 radical (unpaired) electrons. The van der Waals surface area contributed by atoms with E-state index in [9.17, 15) is 13.2 Å². The zero-order valence-electron chi connectivity index (χ0n) is 12.5. The molecule has 0 N–H and O–H groups in total. The maximum Gasteiger partial charge on any atom is 0.389 e. The summed E-state index contributed by atoms with van der Waals surface area (Å²) in [5.41, 5.74) is -2.01. The van der Waals surface area contributed by atoms with Crippen molar-refractivity contribution in [2.45, 2.75) is 64.1 Å². The summed E-state index contributed by atoms with van der Waals surface area (Å²) in [7, 11) is -3.18. The molecule has 0 aliphatic rings. The first-order valence-corrected chi connectivity index (χ1v) is 8.69. The van der Waals surface area contributed by atoms with Gasteiger partial charge in [-0.15, -0.1) is 12.8 Å². The molecule has 0 unspecified atom stereocenters. The van der Waals surface area contributed by atoms with Crippen LogP contribution >= 0.6 is 0 Å². The number of terminal acetylenes is 2. The van der Waals surface area contributed by atoms with Crippen molar-refractivity contribution in [2.75, 3.05) is 0 Å². The SMILES string of the molecule is C#CC(C)(C)O[Si](C)(CCC(F)(F)F)OC(C)(C)C#C. The summed E-state index contributed by atoms with van der Waals surface area (Å²) in [5.74, 6) is 4.80. The van der Waals surface area contributed by atoms with Crippen molar-refractivity contribution in [3.05, 3.63) is 0 Å². The van der Waals surface area contributed by atoms with Crippen LogP contribution in [0.4, 0.5) is 13.2 Å². The van der Waals surface area contributed by atoms with Gasteiger partial charge < -0.3 is 8.85 Å². The molecule has 2 nitrogen and oxygen atoms in total. The van der Waals surface area contributed by atoms with Gasteiger partial charge in [0.2, 0.25) is 0 Å². The molecule has 0 bridgehead atoms. The molecule has 6 heteroatoms. The van der Waals surface area contributed by atoms with Crippen LogP contribution in [0, 0.1) is 24.7 Å². The zero-order chi connectivity index (χ0) is 16.2. The highest BCUT2D eigenvalue weighted by Crippen LogP contribution is 2.32. The number of hydrogen-bond donors (Lipinski definition) is 0. The summed E-state index contributed by atoms with van der Waals surface area (Å²) in [6.45, 7) is 7.99. The molecule has 0 saturated carbocycles. The predicted octanol–water partition coefficient (Wildman–Crippen LogP) is 3.87. The van der Waals surface area contributed by atoms with E-state index in [0.29, 0.717) is 0 Å². The van der Waals surface area contributed by atoms with Gasteiger partial charge >= 0.3 is 14.7 Å². The summed E-state index contributed by atoms with van der Waals surface area (Å²) in [6, 6.07) is -0.257. The van der Waals surface area contributed by atoms with Gasteiger partial charge in [0.05, 0.1) is 0 Å². The third kappa shape index (κ3) is 7.59. The molecule has 0 aliphatic heterocycles. The van der Waals surface area contributed by atoms with E-state index in [0.717, 1.165) is 0 Å². The number of hydrogen-bond acceptors (Lipinski definition) is 2. The van der Waals surface area contributed by atoms with E-state index in [1.165, 1.54) is 0 Å². The monoisotopic (exact) mass is 306 g/mol. The molecule has 0 aliphatic carbocycles. The van der Waals surface area contributed by atoms with Gasteiger partial charge in [-0.3, -0.25) is 0 Å². The number of rotatable bonds is 6. The zero-order valence-corrected chi connectivity index (χ0v) is 13.5. The van der Waals surface area contributed by atoms with E-state index in [1.54, 1.807) is 34.2 Å². The minimum absolute atomic E-state index is 0.257. The maximum absolute atomic E-state index is 12.4. The van der Waals surface area contributed by atoms with E-state index in [1.807, 2.05) is 0 Å². The summed E-state index contributed by atoms with van der Waals surface area (Å²) < 4.78 is 48.7. The molecule has 0 saturated heterocycles. The molecule has 0 amide bonds. The Bertz CT molecular complexity index is 386. The molecule has 0 rings (SSSR count).